The van der Waals surface area contributed by atoms with Gasteiger partial charge in [-0.25, -0.2) is 22.8 Å². The van der Waals surface area contributed by atoms with Crippen molar-refractivity contribution >= 4 is 29.3 Å². The molecule has 3 unspecified atom stereocenters. The van der Waals surface area contributed by atoms with Gasteiger partial charge < -0.3 is 23.8 Å². The smallest absolute Gasteiger partial charge is 0.273 e. The van der Waals surface area contributed by atoms with Crippen molar-refractivity contribution in [2.24, 2.45) is 0 Å². The normalized spacial score (nSPS) is 20.9. The summed E-state index contributed by atoms with van der Waals surface area (Å²) in [6, 6.07) is 12.9. The summed E-state index contributed by atoms with van der Waals surface area (Å²) >= 11 is 7.55. The highest BCUT2D eigenvalue weighted by Gasteiger charge is 2.37. The van der Waals surface area contributed by atoms with Gasteiger partial charge in [0.25, 0.3) is 5.91 Å². The Kier molecular flexibility index (Phi) is 10.4. The summed E-state index contributed by atoms with van der Waals surface area (Å²) in [5.41, 5.74) is 0.462. The molecule has 0 N–H and O–H groups in total. The van der Waals surface area contributed by atoms with E-state index >= 15 is 0 Å². The summed E-state index contributed by atoms with van der Waals surface area (Å²) in [6.45, 7) is 3.45. The van der Waals surface area contributed by atoms with Crippen molar-refractivity contribution in [1.82, 2.24) is 24.9 Å². The lowest BCUT2D eigenvalue weighted by Crippen LogP contribution is -2.45. The molecule has 0 bridgehead atoms. The topological polar surface area (TPSA) is 101 Å². The Bertz CT molecular complexity index is 1690. The fourth-order valence-corrected chi connectivity index (χ4v) is 6.55. The van der Waals surface area contributed by atoms with Crippen LogP contribution in [0.25, 0.3) is 11.3 Å². The van der Waals surface area contributed by atoms with Gasteiger partial charge in [-0.05, 0) is 31.5 Å². The zero-order valence-electron chi connectivity index (χ0n) is 25.4. The first-order valence-corrected chi connectivity index (χ1v) is 16.1. The van der Waals surface area contributed by atoms with Crippen molar-refractivity contribution in [2.45, 2.75) is 54.8 Å². The number of carbonyl (C=O) groups is 1. The van der Waals surface area contributed by atoms with E-state index in [2.05, 4.69) is 15.3 Å². The van der Waals surface area contributed by atoms with Gasteiger partial charge >= 0.3 is 0 Å². The predicted molar refractivity (Wildman–Crippen MR) is 166 cm³/mol. The number of halogens is 4. The molecular formula is C32H31ClF3N5O5S. The van der Waals surface area contributed by atoms with Gasteiger partial charge in [0.2, 0.25) is 0 Å². The molecule has 2 saturated heterocycles. The van der Waals surface area contributed by atoms with Crippen LogP contribution in [-0.2, 0) is 25.5 Å². The second kappa shape index (κ2) is 14.7. The van der Waals surface area contributed by atoms with E-state index in [9.17, 15) is 18.0 Å². The van der Waals surface area contributed by atoms with Gasteiger partial charge in [0.1, 0.15) is 29.0 Å². The first kappa shape index (κ1) is 33.4. The van der Waals surface area contributed by atoms with Gasteiger partial charge in [-0.1, -0.05) is 58.9 Å². The van der Waals surface area contributed by atoms with E-state index in [1.165, 1.54) is 35.9 Å². The fourth-order valence-electron chi connectivity index (χ4n) is 5.08. The van der Waals surface area contributed by atoms with Crippen molar-refractivity contribution in [3.63, 3.8) is 0 Å². The molecule has 47 heavy (non-hydrogen) atoms. The Labute approximate surface area is 278 Å². The molecule has 2 aromatic carbocycles. The average Bonchev–Trinajstić information content (AvgIpc) is 3.51. The van der Waals surface area contributed by atoms with Gasteiger partial charge in [-0.15, -0.1) is 5.10 Å². The first-order chi connectivity index (χ1) is 22.7. The lowest BCUT2D eigenvalue weighted by molar-refractivity contribution is -0.267. The zero-order chi connectivity index (χ0) is 33.1. The van der Waals surface area contributed by atoms with Crippen molar-refractivity contribution in [3.05, 3.63) is 94.7 Å². The lowest BCUT2D eigenvalue weighted by atomic mass is 10.1. The highest BCUT2D eigenvalue weighted by molar-refractivity contribution is 8.00. The van der Waals surface area contributed by atoms with Crippen LogP contribution in [0.2, 0.25) is 5.02 Å². The molecule has 248 valence electrons. The Morgan fingerprint density at radius 2 is 1.89 bits per heavy atom. The molecule has 2 aliphatic rings. The van der Waals surface area contributed by atoms with E-state index in [0.29, 0.717) is 23.0 Å². The Hall–Kier alpha value is -3.53. The van der Waals surface area contributed by atoms with Crippen LogP contribution < -0.4 is 0 Å². The molecule has 6 rings (SSSR count). The molecule has 4 heterocycles. The van der Waals surface area contributed by atoms with Crippen LogP contribution >= 0.6 is 23.4 Å². The fraction of sp³-hybridized carbons (Fsp3) is 0.375. The number of hydrogen-bond acceptors (Lipinski definition) is 9. The number of rotatable bonds is 11. The molecule has 0 saturated carbocycles. The van der Waals surface area contributed by atoms with Crippen LogP contribution in [-0.4, -0.2) is 81.3 Å². The number of ether oxygens (including phenoxy) is 4. The molecule has 2 aliphatic heterocycles. The number of methoxy groups -OCH3 is 1. The van der Waals surface area contributed by atoms with E-state index in [1.54, 1.807) is 11.0 Å². The quantitative estimate of drug-likeness (QED) is 0.108. The van der Waals surface area contributed by atoms with Gasteiger partial charge in [0, 0.05) is 42.4 Å². The minimum atomic E-state index is -1.57. The highest BCUT2D eigenvalue weighted by atomic mass is 35.5. The molecule has 2 aromatic heterocycles. The van der Waals surface area contributed by atoms with Gasteiger partial charge in [0.05, 0.1) is 30.5 Å². The number of hydrogen-bond donors (Lipinski definition) is 0. The predicted octanol–water partition coefficient (Wildman–Crippen LogP) is 5.91. The standard InChI is InChI=1S/C32H31ClF3N5O5S/c1-18-26(17-44-31(45-18)19-7-4-3-5-8-19)46-32(47-27-13-21(33)14-37-29(27)30(42)40-9-6-10-40)25(43-2)16-41-15-24(38-39-41)20-11-22(34)28(36)23(35)12-20/h3-5,7-8,11-15,18,25-26,31-32H,6,9-10,16-17H2,1-2H3/t18-,25+,26?,31?,32?/m1/s1. The third-order valence-electron chi connectivity index (χ3n) is 7.85. The summed E-state index contributed by atoms with van der Waals surface area (Å²) in [4.78, 5) is 19.8. The zero-order valence-corrected chi connectivity index (χ0v) is 27.0. The maximum Gasteiger partial charge on any atom is 0.273 e. The van der Waals surface area contributed by atoms with Gasteiger partial charge in [0.15, 0.2) is 23.7 Å². The van der Waals surface area contributed by atoms with Crippen LogP contribution in [0.4, 0.5) is 13.2 Å². The van der Waals surface area contributed by atoms with Crippen molar-refractivity contribution in [2.75, 3.05) is 26.8 Å². The van der Waals surface area contributed by atoms with Crippen molar-refractivity contribution in [3.8, 4) is 11.3 Å². The second-order valence-corrected chi connectivity index (χ2v) is 12.7. The number of pyridine rings is 1. The Morgan fingerprint density at radius 3 is 2.55 bits per heavy atom. The van der Waals surface area contributed by atoms with Crippen LogP contribution in [0.15, 0.2) is 65.8 Å². The maximum atomic E-state index is 13.9. The third-order valence-corrected chi connectivity index (χ3v) is 9.27. The average molecular weight is 690 g/mol. The van der Waals surface area contributed by atoms with E-state index in [4.69, 9.17) is 30.5 Å². The first-order valence-electron chi connectivity index (χ1n) is 14.9. The Morgan fingerprint density at radius 1 is 1.15 bits per heavy atom. The summed E-state index contributed by atoms with van der Waals surface area (Å²) < 4.78 is 67.5. The maximum absolute atomic E-state index is 13.9. The van der Waals surface area contributed by atoms with Crippen LogP contribution in [0.3, 0.4) is 0 Å². The van der Waals surface area contributed by atoms with E-state index < -0.39 is 47.5 Å². The number of nitrogens with zero attached hydrogens (tertiary/aromatic N) is 5. The largest absolute Gasteiger partial charge is 0.376 e. The minimum absolute atomic E-state index is 0.0150. The van der Waals surface area contributed by atoms with E-state index in [0.717, 1.165) is 24.1 Å². The number of aromatic nitrogens is 4. The van der Waals surface area contributed by atoms with Gasteiger partial charge in [-0.2, -0.15) is 0 Å². The van der Waals surface area contributed by atoms with Crippen LogP contribution in [0, 0.1) is 17.5 Å². The summed E-state index contributed by atoms with van der Waals surface area (Å²) in [7, 11) is 1.50. The molecule has 4 aromatic rings. The summed E-state index contributed by atoms with van der Waals surface area (Å²) in [5.74, 6) is -4.46. The molecular weight excluding hydrogens is 659 g/mol. The molecule has 0 aliphatic carbocycles. The minimum Gasteiger partial charge on any atom is -0.376 e. The summed E-state index contributed by atoms with van der Waals surface area (Å²) in [5, 5.41) is 8.45. The van der Waals surface area contributed by atoms with Gasteiger partial charge in [-0.3, -0.25) is 4.79 Å². The number of thioether (sulfide) groups is 1. The molecule has 0 spiro atoms. The molecule has 15 heteroatoms. The number of benzene rings is 2. The third kappa shape index (κ3) is 7.63. The molecule has 10 nitrogen and oxygen atoms in total. The lowest BCUT2D eigenvalue weighted by Gasteiger charge is -2.38. The number of likely N-dealkylation sites (tertiary alicyclic amines) is 1. The molecule has 2 fully saturated rings. The SMILES string of the molecule is CO[C@@H](Cn1cc(-c2cc(F)c(F)c(F)c2)nn1)C(OC1COC(c2ccccc2)O[C@@H]1C)Sc1cc(Cl)cnc1C(=O)N1CCC1. The van der Waals surface area contributed by atoms with Crippen LogP contribution in [0.5, 0.6) is 0 Å². The summed E-state index contributed by atoms with van der Waals surface area (Å²) in [6.07, 6.45) is 1.58. The van der Waals surface area contributed by atoms with Crippen LogP contribution in [0.1, 0.15) is 35.7 Å². The molecule has 0 radical (unpaired) electrons. The monoisotopic (exact) mass is 689 g/mol. The van der Waals surface area contributed by atoms with Crippen molar-refractivity contribution < 1.29 is 36.9 Å². The Balaban J connectivity index is 1.26. The number of amides is 1. The van der Waals surface area contributed by atoms with E-state index in [1.807, 2.05) is 37.3 Å². The van der Waals surface area contributed by atoms with Crippen molar-refractivity contribution in [1.29, 1.82) is 0 Å². The van der Waals surface area contributed by atoms with E-state index in [-0.39, 0.29) is 36.0 Å². The number of carbonyl (C=O) groups excluding carboxylic acids is 1. The molecule has 5 atom stereocenters. The second-order valence-electron chi connectivity index (χ2n) is 11.1. The highest BCUT2D eigenvalue weighted by Crippen LogP contribution is 2.36. The molecule has 1 amide bonds.